The van der Waals surface area contributed by atoms with Crippen LogP contribution in [-0.4, -0.2) is 20.7 Å². The summed E-state index contributed by atoms with van der Waals surface area (Å²) in [5, 5.41) is 21.4. The van der Waals surface area contributed by atoms with E-state index in [9.17, 15) is 15.0 Å². The highest BCUT2D eigenvalue weighted by Crippen LogP contribution is 2.31. The second kappa shape index (κ2) is 10.4. The van der Waals surface area contributed by atoms with Gasteiger partial charge >= 0.3 is 5.97 Å². The molecule has 0 fully saturated rings. The number of rotatable bonds is 10. The normalized spacial score (nSPS) is 11.7. The summed E-state index contributed by atoms with van der Waals surface area (Å²) in [6.45, 7) is 3.27. The van der Waals surface area contributed by atoms with Gasteiger partial charge in [-0.25, -0.2) is 4.79 Å². The second-order valence-corrected chi connectivity index (χ2v) is 8.63. The van der Waals surface area contributed by atoms with Crippen LogP contribution in [0.1, 0.15) is 66.9 Å². The summed E-state index contributed by atoms with van der Waals surface area (Å²) in [4.78, 5) is 11.3. The minimum Gasteiger partial charge on any atom is -0.507 e. The third-order valence-electron chi connectivity index (χ3n) is 6.25. The average Bonchev–Trinajstić information content (AvgIpc) is 3.13. The van der Waals surface area contributed by atoms with E-state index in [1.807, 2.05) is 12.2 Å². The van der Waals surface area contributed by atoms with Crippen molar-refractivity contribution in [2.24, 2.45) is 0 Å². The van der Waals surface area contributed by atoms with Gasteiger partial charge in [-0.1, -0.05) is 81.5 Å². The van der Waals surface area contributed by atoms with Crippen LogP contribution in [0.25, 0.3) is 34.0 Å². The molecule has 0 unspecified atom stereocenters. The SMILES string of the molecule is CCCCCCCCn1c2ccccc2c2cc(/C=C/c3ccc(O)c(C(=O)O)c3)ccc21. The Kier molecular flexibility index (Phi) is 7.13. The molecular formula is C29H31NO3. The number of carboxylic acids is 1. The van der Waals surface area contributed by atoms with Crippen LogP contribution >= 0.6 is 0 Å². The van der Waals surface area contributed by atoms with Gasteiger partial charge in [0.05, 0.1) is 0 Å². The minimum absolute atomic E-state index is 0.0923. The number of aryl methyl sites for hydroxylation is 1. The maximum absolute atomic E-state index is 11.3. The number of phenols is 1. The zero-order valence-electron chi connectivity index (χ0n) is 19.1. The molecule has 0 atom stereocenters. The lowest BCUT2D eigenvalue weighted by Crippen LogP contribution is -1.97. The molecule has 0 saturated heterocycles. The number of aromatic nitrogens is 1. The Labute approximate surface area is 194 Å². The Morgan fingerprint density at radius 1 is 0.818 bits per heavy atom. The number of carboxylic acid groups (broad SMARTS) is 1. The van der Waals surface area contributed by atoms with Crippen molar-refractivity contribution in [1.29, 1.82) is 0 Å². The number of para-hydroxylation sites is 1. The van der Waals surface area contributed by atoms with Crippen LogP contribution in [0.3, 0.4) is 0 Å². The summed E-state index contributed by atoms with van der Waals surface area (Å²) in [6.07, 6.45) is 11.5. The third-order valence-corrected chi connectivity index (χ3v) is 6.25. The first kappa shape index (κ1) is 22.7. The summed E-state index contributed by atoms with van der Waals surface area (Å²) < 4.78 is 2.44. The van der Waals surface area contributed by atoms with Gasteiger partial charge < -0.3 is 14.8 Å². The fraction of sp³-hybridized carbons (Fsp3) is 0.276. The maximum atomic E-state index is 11.3. The van der Waals surface area contributed by atoms with Crippen LogP contribution in [0, 0.1) is 0 Å². The molecule has 33 heavy (non-hydrogen) atoms. The van der Waals surface area contributed by atoms with Crippen molar-refractivity contribution >= 4 is 39.9 Å². The molecule has 4 nitrogen and oxygen atoms in total. The standard InChI is InChI=1S/C29H31NO3/c1-2-3-4-5-6-9-18-30-26-11-8-7-10-23(26)24-19-21(14-16-27(24)30)12-13-22-15-17-28(31)25(20-22)29(32)33/h7-8,10-17,19-20,31H,2-6,9,18H2,1H3,(H,32,33)/b13-12+. The molecule has 170 valence electrons. The molecule has 0 bridgehead atoms. The van der Waals surface area contributed by atoms with Gasteiger partial charge in [0.15, 0.2) is 0 Å². The molecular weight excluding hydrogens is 410 g/mol. The Morgan fingerprint density at radius 2 is 1.48 bits per heavy atom. The van der Waals surface area contributed by atoms with Crippen molar-refractivity contribution < 1.29 is 15.0 Å². The Balaban J connectivity index is 1.60. The summed E-state index contributed by atoms with van der Waals surface area (Å²) >= 11 is 0. The van der Waals surface area contributed by atoms with Gasteiger partial charge in [-0.15, -0.1) is 0 Å². The summed E-state index contributed by atoms with van der Waals surface area (Å²) in [5.41, 5.74) is 4.21. The molecule has 0 aliphatic carbocycles. The van der Waals surface area contributed by atoms with E-state index in [1.165, 1.54) is 72.5 Å². The fourth-order valence-corrected chi connectivity index (χ4v) is 4.49. The van der Waals surface area contributed by atoms with Crippen LogP contribution in [0.2, 0.25) is 0 Å². The molecule has 0 saturated carbocycles. The number of hydrogen-bond acceptors (Lipinski definition) is 2. The average molecular weight is 442 g/mol. The van der Waals surface area contributed by atoms with Gasteiger partial charge in [0.2, 0.25) is 0 Å². The van der Waals surface area contributed by atoms with E-state index < -0.39 is 5.97 Å². The first-order valence-electron chi connectivity index (χ1n) is 11.8. The lowest BCUT2D eigenvalue weighted by Gasteiger charge is -2.08. The molecule has 0 aliphatic rings. The van der Waals surface area contributed by atoms with Crippen molar-refractivity contribution in [3.63, 3.8) is 0 Å². The van der Waals surface area contributed by atoms with Crippen LogP contribution in [0.5, 0.6) is 5.75 Å². The van der Waals surface area contributed by atoms with Gasteiger partial charge in [-0.05, 0) is 47.9 Å². The number of aromatic carboxylic acids is 1. The Bertz CT molecular complexity index is 1300. The first-order chi connectivity index (χ1) is 16.1. The van der Waals surface area contributed by atoms with E-state index in [1.54, 1.807) is 6.07 Å². The number of fused-ring (bicyclic) bond motifs is 3. The number of hydrogen-bond donors (Lipinski definition) is 2. The van der Waals surface area contributed by atoms with E-state index in [0.29, 0.717) is 0 Å². The van der Waals surface area contributed by atoms with Gasteiger partial charge in [0.25, 0.3) is 0 Å². The summed E-state index contributed by atoms with van der Waals surface area (Å²) in [6, 6.07) is 19.7. The topological polar surface area (TPSA) is 62.5 Å². The molecule has 3 aromatic carbocycles. The smallest absolute Gasteiger partial charge is 0.339 e. The van der Waals surface area contributed by atoms with Crippen molar-refractivity contribution in [2.75, 3.05) is 0 Å². The van der Waals surface area contributed by atoms with E-state index in [2.05, 4.69) is 54.0 Å². The van der Waals surface area contributed by atoms with Gasteiger partial charge in [-0.2, -0.15) is 0 Å². The largest absolute Gasteiger partial charge is 0.507 e. The van der Waals surface area contributed by atoms with Crippen molar-refractivity contribution in [1.82, 2.24) is 4.57 Å². The van der Waals surface area contributed by atoms with E-state index in [0.717, 1.165) is 17.7 Å². The van der Waals surface area contributed by atoms with Gasteiger partial charge in [0.1, 0.15) is 11.3 Å². The highest BCUT2D eigenvalue weighted by molar-refractivity contribution is 6.08. The zero-order valence-corrected chi connectivity index (χ0v) is 19.1. The second-order valence-electron chi connectivity index (χ2n) is 8.63. The van der Waals surface area contributed by atoms with E-state index in [4.69, 9.17) is 0 Å². The molecule has 4 rings (SSSR count). The Morgan fingerprint density at radius 3 is 2.27 bits per heavy atom. The highest BCUT2D eigenvalue weighted by atomic mass is 16.4. The zero-order chi connectivity index (χ0) is 23.2. The number of benzene rings is 3. The predicted molar refractivity (Wildman–Crippen MR) is 137 cm³/mol. The van der Waals surface area contributed by atoms with E-state index >= 15 is 0 Å². The van der Waals surface area contributed by atoms with E-state index in [-0.39, 0.29) is 11.3 Å². The molecule has 4 heteroatoms. The number of carbonyl (C=O) groups is 1. The number of unbranched alkanes of at least 4 members (excludes halogenated alkanes) is 5. The van der Waals surface area contributed by atoms with Crippen molar-refractivity contribution in [3.8, 4) is 5.75 Å². The minimum atomic E-state index is -1.14. The third kappa shape index (κ3) is 5.11. The van der Waals surface area contributed by atoms with Crippen LogP contribution in [0.4, 0.5) is 0 Å². The molecule has 2 N–H and O–H groups in total. The molecule has 1 heterocycles. The van der Waals surface area contributed by atoms with Crippen LogP contribution < -0.4 is 0 Å². The Hall–Kier alpha value is -3.53. The summed E-state index contributed by atoms with van der Waals surface area (Å²) in [7, 11) is 0. The summed E-state index contributed by atoms with van der Waals surface area (Å²) in [5.74, 6) is -1.36. The van der Waals surface area contributed by atoms with Crippen LogP contribution in [-0.2, 0) is 6.54 Å². The molecule has 1 aromatic heterocycles. The van der Waals surface area contributed by atoms with Crippen molar-refractivity contribution in [3.05, 3.63) is 77.4 Å². The number of aromatic hydroxyl groups is 1. The highest BCUT2D eigenvalue weighted by Gasteiger charge is 2.11. The van der Waals surface area contributed by atoms with Crippen LogP contribution in [0.15, 0.2) is 60.7 Å². The number of nitrogens with zero attached hydrogens (tertiary/aromatic N) is 1. The lowest BCUT2D eigenvalue weighted by molar-refractivity contribution is 0.0693. The molecule has 0 aliphatic heterocycles. The fourth-order valence-electron chi connectivity index (χ4n) is 4.49. The molecule has 4 aromatic rings. The predicted octanol–water partition coefficient (Wildman–Crippen LogP) is 7.73. The molecule has 0 spiro atoms. The maximum Gasteiger partial charge on any atom is 0.339 e. The monoisotopic (exact) mass is 441 g/mol. The lowest BCUT2D eigenvalue weighted by atomic mass is 10.1. The first-order valence-corrected chi connectivity index (χ1v) is 11.8. The van der Waals surface area contributed by atoms with Gasteiger partial charge in [-0.3, -0.25) is 0 Å². The molecule has 0 radical (unpaired) electrons. The van der Waals surface area contributed by atoms with Gasteiger partial charge in [0, 0.05) is 28.4 Å². The van der Waals surface area contributed by atoms with Crippen molar-refractivity contribution in [2.45, 2.75) is 52.0 Å². The molecule has 0 amide bonds. The quantitative estimate of drug-likeness (QED) is 0.195.